The lowest BCUT2D eigenvalue weighted by Crippen LogP contribution is -2.00. The van der Waals surface area contributed by atoms with Gasteiger partial charge in [0, 0.05) is 21.7 Å². The SMILES string of the molecule is CSc1nccc(-n2c(C)cc3c(Br)cccc32)n1. The Morgan fingerprint density at radius 3 is 2.89 bits per heavy atom. The van der Waals surface area contributed by atoms with Gasteiger partial charge in [-0.05, 0) is 37.4 Å². The molecule has 0 spiro atoms. The lowest BCUT2D eigenvalue weighted by molar-refractivity contribution is 0.892. The van der Waals surface area contributed by atoms with Gasteiger partial charge in [0.05, 0.1) is 5.52 Å². The van der Waals surface area contributed by atoms with Crippen LogP contribution in [0.2, 0.25) is 0 Å². The third-order valence-corrected chi connectivity index (χ3v) is 4.26. The normalized spacial score (nSPS) is 11.1. The number of hydrogen-bond acceptors (Lipinski definition) is 3. The number of fused-ring (bicyclic) bond motifs is 1. The summed E-state index contributed by atoms with van der Waals surface area (Å²) in [6.07, 6.45) is 3.79. The lowest BCUT2D eigenvalue weighted by Gasteiger charge is -2.08. The van der Waals surface area contributed by atoms with Crippen molar-refractivity contribution in [3.63, 3.8) is 0 Å². The van der Waals surface area contributed by atoms with Crippen molar-refractivity contribution in [3.05, 3.63) is 46.7 Å². The molecule has 96 valence electrons. The second kappa shape index (κ2) is 4.98. The van der Waals surface area contributed by atoms with Gasteiger partial charge >= 0.3 is 0 Å². The van der Waals surface area contributed by atoms with Gasteiger partial charge in [-0.15, -0.1) is 0 Å². The maximum atomic E-state index is 4.57. The molecule has 0 atom stereocenters. The Morgan fingerprint density at radius 2 is 2.11 bits per heavy atom. The first-order valence-electron chi connectivity index (χ1n) is 5.84. The Labute approximate surface area is 124 Å². The standard InChI is InChI=1S/C14H12BrN3S/c1-9-8-10-11(15)4-3-5-12(10)18(9)13-6-7-16-14(17-13)19-2/h3-8H,1-2H3. The van der Waals surface area contributed by atoms with E-state index in [4.69, 9.17) is 0 Å². The molecule has 0 N–H and O–H groups in total. The van der Waals surface area contributed by atoms with Crippen molar-refractivity contribution in [1.82, 2.24) is 14.5 Å². The molecule has 19 heavy (non-hydrogen) atoms. The molecule has 3 rings (SSSR count). The van der Waals surface area contributed by atoms with Crippen LogP contribution in [0.4, 0.5) is 0 Å². The summed E-state index contributed by atoms with van der Waals surface area (Å²) in [5.74, 6) is 0.907. The molecular weight excluding hydrogens is 322 g/mol. The van der Waals surface area contributed by atoms with E-state index in [1.165, 1.54) is 5.39 Å². The van der Waals surface area contributed by atoms with E-state index in [9.17, 15) is 0 Å². The summed E-state index contributed by atoms with van der Waals surface area (Å²) < 4.78 is 3.26. The number of benzene rings is 1. The Kier molecular flexibility index (Phi) is 3.33. The van der Waals surface area contributed by atoms with Crippen molar-refractivity contribution < 1.29 is 0 Å². The van der Waals surface area contributed by atoms with Crippen LogP contribution in [0.15, 0.2) is 46.2 Å². The van der Waals surface area contributed by atoms with Crippen molar-refractivity contribution in [2.24, 2.45) is 0 Å². The van der Waals surface area contributed by atoms with E-state index in [1.807, 2.05) is 18.4 Å². The van der Waals surface area contributed by atoms with Crippen molar-refractivity contribution >= 4 is 38.6 Å². The molecule has 0 amide bonds. The molecule has 0 saturated heterocycles. The quantitative estimate of drug-likeness (QED) is 0.519. The maximum Gasteiger partial charge on any atom is 0.189 e. The highest BCUT2D eigenvalue weighted by Gasteiger charge is 2.11. The van der Waals surface area contributed by atoms with Crippen LogP contribution in [0.5, 0.6) is 0 Å². The lowest BCUT2D eigenvalue weighted by atomic mass is 10.2. The van der Waals surface area contributed by atoms with E-state index in [2.05, 4.69) is 55.6 Å². The summed E-state index contributed by atoms with van der Waals surface area (Å²) in [6.45, 7) is 2.09. The molecular formula is C14H12BrN3S. The summed E-state index contributed by atoms with van der Waals surface area (Å²) in [7, 11) is 0. The molecule has 2 heterocycles. The first-order chi connectivity index (χ1) is 9.20. The Morgan fingerprint density at radius 1 is 1.26 bits per heavy atom. The van der Waals surface area contributed by atoms with Crippen LogP contribution in [0, 0.1) is 6.92 Å². The maximum absolute atomic E-state index is 4.57. The highest BCUT2D eigenvalue weighted by molar-refractivity contribution is 9.10. The molecule has 3 aromatic rings. The Bertz CT molecular complexity index is 752. The van der Waals surface area contributed by atoms with Crippen molar-refractivity contribution in [2.75, 3.05) is 6.26 Å². The third kappa shape index (κ3) is 2.17. The van der Waals surface area contributed by atoms with E-state index in [1.54, 1.807) is 18.0 Å². The minimum Gasteiger partial charge on any atom is -0.298 e. The van der Waals surface area contributed by atoms with Gasteiger partial charge in [-0.25, -0.2) is 9.97 Å². The number of halogens is 1. The number of nitrogens with zero attached hydrogens (tertiary/aromatic N) is 3. The summed E-state index contributed by atoms with van der Waals surface area (Å²) in [5.41, 5.74) is 2.31. The fourth-order valence-electron chi connectivity index (χ4n) is 2.19. The number of aromatic nitrogens is 3. The van der Waals surface area contributed by atoms with E-state index < -0.39 is 0 Å². The van der Waals surface area contributed by atoms with Crippen LogP contribution in [0.25, 0.3) is 16.7 Å². The van der Waals surface area contributed by atoms with Crippen molar-refractivity contribution in [2.45, 2.75) is 12.1 Å². The van der Waals surface area contributed by atoms with Crippen LogP contribution in [0.3, 0.4) is 0 Å². The monoisotopic (exact) mass is 333 g/mol. The second-order valence-electron chi connectivity index (χ2n) is 4.20. The topological polar surface area (TPSA) is 30.7 Å². The van der Waals surface area contributed by atoms with Gasteiger partial charge < -0.3 is 0 Å². The second-order valence-corrected chi connectivity index (χ2v) is 5.82. The van der Waals surface area contributed by atoms with Crippen LogP contribution in [-0.4, -0.2) is 20.8 Å². The van der Waals surface area contributed by atoms with Gasteiger partial charge in [-0.1, -0.05) is 33.8 Å². The molecule has 0 saturated carbocycles. The number of aryl methyl sites for hydroxylation is 1. The fourth-order valence-corrected chi connectivity index (χ4v) is 3.01. The van der Waals surface area contributed by atoms with Gasteiger partial charge in [-0.3, -0.25) is 4.57 Å². The zero-order chi connectivity index (χ0) is 13.4. The molecule has 0 radical (unpaired) electrons. The Hall–Kier alpha value is -1.33. The zero-order valence-electron chi connectivity index (χ0n) is 10.6. The molecule has 0 bridgehead atoms. The first-order valence-corrected chi connectivity index (χ1v) is 7.86. The molecule has 2 aromatic heterocycles. The highest BCUT2D eigenvalue weighted by atomic mass is 79.9. The van der Waals surface area contributed by atoms with Gasteiger partial charge in [0.1, 0.15) is 5.82 Å². The summed E-state index contributed by atoms with van der Waals surface area (Å²) in [6, 6.07) is 10.3. The smallest absolute Gasteiger partial charge is 0.189 e. The molecule has 0 unspecified atom stereocenters. The van der Waals surface area contributed by atoms with Gasteiger partial charge in [0.2, 0.25) is 0 Å². The van der Waals surface area contributed by atoms with Gasteiger partial charge in [0.25, 0.3) is 0 Å². The largest absolute Gasteiger partial charge is 0.298 e. The van der Waals surface area contributed by atoms with Crippen LogP contribution < -0.4 is 0 Å². The number of hydrogen-bond donors (Lipinski definition) is 0. The van der Waals surface area contributed by atoms with Crippen LogP contribution in [-0.2, 0) is 0 Å². The highest BCUT2D eigenvalue weighted by Crippen LogP contribution is 2.29. The molecule has 3 nitrogen and oxygen atoms in total. The summed E-state index contributed by atoms with van der Waals surface area (Å²) in [4.78, 5) is 8.80. The van der Waals surface area contributed by atoms with Crippen LogP contribution in [0.1, 0.15) is 5.69 Å². The minimum atomic E-state index is 0.786. The Balaban J connectivity index is 2.30. The van der Waals surface area contributed by atoms with E-state index in [0.717, 1.165) is 26.7 Å². The molecule has 0 fully saturated rings. The molecule has 5 heteroatoms. The van der Waals surface area contributed by atoms with E-state index in [0.29, 0.717) is 0 Å². The van der Waals surface area contributed by atoms with E-state index in [-0.39, 0.29) is 0 Å². The molecule has 0 aliphatic heterocycles. The average Bonchev–Trinajstić information content (AvgIpc) is 2.77. The summed E-state index contributed by atoms with van der Waals surface area (Å²) >= 11 is 5.14. The fraction of sp³-hybridized carbons (Fsp3) is 0.143. The summed E-state index contributed by atoms with van der Waals surface area (Å²) in [5, 5.41) is 1.98. The third-order valence-electron chi connectivity index (χ3n) is 3.01. The first kappa shape index (κ1) is 12.7. The predicted molar refractivity (Wildman–Crippen MR) is 83.1 cm³/mol. The van der Waals surface area contributed by atoms with Crippen molar-refractivity contribution in [3.8, 4) is 5.82 Å². The van der Waals surface area contributed by atoms with Gasteiger partial charge in [0.15, 0.2) is 5.16 Å². The zero-order valence-corrected chi connectivity index (χ0v) is 13.0. The molecule has 0 aliphatic carbocycles. The average molecular weight is 334 g/mol. The molecule has 1 aromatic carbocycles. The predicted octanol–water partition coefficient (Wildman–Crippen LogP) is 4.21. The van der Waals surface area contributed by atoms with Gasteiger partial charge in [-0.2, -0.15) is 0 Å². The van der Waals surface area contributed by atoms with Crippen LogP contribution >= 0.6 is 27.7 Å². The van der Waals surface area contributed by atoms with Crippen molar-refractivity contribution in [1.29, 1.82) is 0 Å². The number of thioether (sulfide) groups is 1. The number of rotatable bonds is 2. The van der Waals surface area contributed by atoms with E-state index >= 15 is 0 Å². The minimum absolute atomic E-state index is 0.786. The molecule has 0 aliphatic rings.